The number of aromatic nitrogens is 1. The third-order valence-electron chi connectivity index (χ3n) is 4.65. The minimum atomic E-state index is -0.742. The van der Waals surface area contributed by atoms with Gasteiger partial charge in [-0.25, -0.2) is 9.18 Å². The molecular formula is C21H18FNO3. The molecule has 1 aromatic heterocycles. The Balaban J connectivity index is 1.99. The van der Waals surface area contributed by atoms with E-state index < -0.39 is 6.16 Å². The quantitative estimate of drug-likeness (QED) is 0.620. The molecule has 0 aliphatic carbocycles. The van der Waals surface area contributed by atoms with Crippen molar-refractivity contribution in [1.29, 1.82) is 0 Å². The second-order valence-electron chi connectivity index (χ2n) is 6.18. The number of hydrogen-bond acceptors (Lipinski definition) is 3. The van der Waals surface area contributed by atoms with Crippen LogP contribution in [0.4, 0.5) is 9.18 Å². The van der Waals surface area contributed by atoms with Gasteiger partial charge in [0.05, 0.1) is 24.1 Å². The smallest absolute Gasteiger partial charge is 0.437 e. The molecule has 2 heterocycles. The van der Waals surface area contributed by atoms with Crippen LogP contribution in [0.3, 0.4) is 0 Å². The molecule has 0 bridgehead atoms. The summed E-state index contributed by atoms with van der Waals surface area (Å²) < 4.78 is 25.9. The minimum Gasteiger partial charge on any atom is -0.437 e. The van der Waals surface area contributed by atoms with Crippen molar-refractivity contribution in [3.05, 3.63) is 66.1 Å². The van der Waals surface area contributed by atoms with Gasteiger partial charge in [0, 0.05) is 6.54 Å². The summed E-state index contributed by atoms with van der Waals surface area (Å²) in [4.78, 5) is 11.9. The van der Waals surface area contributed by atoms with Gasteiger partial charge in [-0.3, -0.25) is 0 Å². The SMILES string of the molecule is COC(=O)Oc1c(-c2ccccc2)c(-c2ccc(F)cc2)n2c1CCC2. The van der Waals surface area contributed by atoms with Gasteiger partial charge >= 0.3 is 6.16 Å². The fourth-order valence-electron chi connectivity index (χ4n) is 3.56. The number of methoxy groups -OCH3 is 1. The van der Waals surface area contributed by atoms with Crippen LogP contribution in [0.5, 0.6) is 5.75 Å². The van der Waals surface area contributed by atoms with Crippen LogP contribution in [0.15, 0.2) is 54.6 Å². The predicted molar refractivity (Wildman–Crippen MR) is 96.6 cm³/mol. The maximum absolute atomic E-state index is 13.4. The summed E-state index contributed by atoms with van der Waals surface area (Å²) in [6.07, 6.45) is 1.04. The number of rotatable bonds is 3. The van der Waals surface area contributed by atoms with Gasteiger partial charge in [0.15, 0.2) is 5.75 Å². The molecule has 26 heavy (non-hydrogen) atoms. The molecule has 0 atom stereocenters. The Morgan fingerprint density at radius 2 is 1.77 bits per heavy atom. The van der Waals surface area contributed by atoms with Crippen LogP contribution < -0.4 is 4.74 Å². The van der Waals surface area contributed by atoms with Gasteiger partial charge in [-0.2, -0.15) is 0 Å². The first-order valence-electron chi connectivity index (χ1n) is 8.51. The van der Waals surface area contributed by atoms with Crippen molar-refractivity contribution in [3.8, 4) is 28.1 Å². The molecule has 0 spiro atoms. The molecule has 132 valence electrons. The summed E-state index contributed by atoms with van der Waals surface area (Å²) in [6, 6.07) is 16.2. The lowest BCUT2D eigenvalue weighted by Crippen LogP contribution is -2.08. The number of ether oxygens (including phenoxy) is 2. The Morgan fingerprint density at radius 1 is 1.04 bits per heavy atom. The van der Waals surface area contributed by atoms with Crippen LogP contribution in [0.1, 0.15) is 12.1 Å². The van der Waals surface area contributed by atoms with E-state index in [1.54, 1.807) is 12.1 Å². The van der Waals surface area contributed by atoms with Crippen LogP contribution in [0, 0.1) is 5.82 Å². The summed E-state index contributed by atoms with van der Waals surface area (Å²) in [5.41, 5.74) is 4.55. The molecule has 0 radical (unpaired) electrons. The normalized spacial score (nSPS) is 12.7. The van der Waals surface area contributed by atoms with Crippen molar-refractivity contribution >= 4 is 6.16 Å². The largest absolute Gasteiger partial charge is 0.513 e. The summed E-state index contributed by atoms with van der Waals surface area (Å²) in [5.74, 6) is 0.245. The highest BCUT2D eigenvalue weighted by molar-refractivity contribution is 5.89. The number of fused-ring (bicyclic) bond motifs is 1. The zero-order chi connectivity index (χ0) is 18.1. The van der Waals surface area contributed by atoms with Crippen molar-refractivity contribution in [1.82, 2.24) is 4.57 Å². The van der Waals surface area contributed by atoms with Gasteiger partial charge in [0.1, 0.15) is 5.82 Å². The lowest BCUT2D eigenvalue weighted by molar-refractivity contribution is 0.121. The van der Waals surface area contributed by atoms with E-state index in [9.17, 15) is 9.18 Å². The Morgan fingerprint density at radius 3 is 2.46 bits per heavy atom. The van der Waals surface area contributed by atoms with Gasteiger partial charge in [-0.1, -0.05) is 30.3 Å². The van der Waals surface area contributed by atoms with E-state index in [2.05, 4.69) is 4.57 Å². The highest BCUT2D eigenvalue weighted by Crippen LogP contribution is 2.46. The van der Waals surface area contributed by atoms with Crippen molar-refractivity contribution in [2.45, 2.75) is 19.4 Å². The van der Waals surface area contributed by atoms with Crippen LogP contribution in [-0.4, -0.2) is 17.8 Å². The molecule has 0 saturated heterocycles. The van der Waals surface area contributed by atoms with Crippen LogP contribution in [0.2, 0.25) is 0 Å². The zero-order valence-corrected chi connectivity index (χ0v) is 14.4. The maximum Gasteiger partial charge on any atom is 0.513 e. The van der Waals surface area contributed by atoms with E-state index in [4.69, 9.17) is 9.47 Å². The number of hydrogen-bond donors (Lipinski definition) is 0. The Bertz CT molecular complexity index is 946. The van der Waals surface area contributed by atoms with E-state index in [1.165, 1.54) is 19.2 Å². The van der Waals surface area contributed by atoms with Gasteiger partial charge in [0.25, 0.3) is 0 Å². The zero-order valence-electron chi connectivity index (χ0n) is 14.4. The molecule has 0 unspecified atom stereocenters. The van der Waals surface area contributed by atoms with Crippen molar-refractivity contribution in [2.24, 2.45) is 0 Å². The minimum absolute atomic E-state index is 0.283. The summed E-state index contributed by atoms with van der Waals surface area (Å²) in [6.45, 7) is 0.826. The molecule has 2 aromatic carbocycles. The molecule has 1 aliphatic rings. The molecule has 4 rings (SSSR count). The summed E-state index contributed by atoms with van der Waals surface area (Å²) in [5, 5.41) is 0. The Kier molecular flexibility index (Phi) is 4.21. The topological polar surface area (TPSA) is 40.5 Å². The average molecular weight is 351 g/mol. The van der Waals surface area contributed by atoms with Crippen molar-refractivity contribution < 1.29 is 18.7 Å². The fourth-order valence-corrected chi connectivity index (χ4v) is 3.56. The Hall–Kier alpha value is -3.08. The van der Waals surface area contributed by atoms with E-state index in [0.717, 1.165) is 47.5 Å². The second-order valence-corrected chi connectivity index (χ2v) is 6.18. The summed E-state index contributed by atoms with van der Waals surface area (Å²) >= 11 is 0. The van der Waals surface area contributed by atoms with Crippen LogP contribution in [0.25, 0.3) is 22.4 Å². The Labute approximate surface area is 150 Å². The lowest BCUT2D eigenvalue weighted by atomic mass is 9.99. The molecule has 4 nitrogen and oxygen atoms in total. The van der Waals surface area contributed by atoms with E-state index in [0.29, 0.717) is 5.75 Å². The highest BCUT2D eigenvalue weighted by Gasteiger charge is 2.30. The number of carbonyl (C=O) groups excluding carboxylic acids is 1. The van der Waals surface area contributed by atoms with Crippen LogP contribution in [-0.2, 0) is 17.7 Å². The number of carbonyl (C=O) groups is 1. The number of benzene rings is 2. The molecule has 0 saturated carbocycles. The first-order chi connectivity index (χ1) is 12.7. The van der Waals surface area contributed by atoms with Crippen LogP contribution >= 0.6 is 0 Å². The number of nitrogens with zero attached hydrogens (tertiary/aromatic N) is 1. The molecule has 0 amide bonds. The van der Waals surface area contributed by atoms with Gasteiger partial charge in [0.2, 0.25) is 0 Å². The van der Waals surface area contributed by atoms with Gasteiger partial charge in [-0.05, 0) is 48.2 Å². The molecule has 1 aliphatic heterocycles. The standard InChI is InChI=1S/C21H18FNO3/c1-25-21(24)26-20-17-8-5-13-23(17)19(15-9-11-16(22)12-10-15)18(20)14-6-3-2-4-7-14/h2-4,6-7,9-12H,5,8,13H2,1H3. The third kappa shape index (κ3) is 2.75. The molecule has 0 N–H and O–H groups in total. The average Bonchev–Trinajstić information content (AvgIpc) is 3.25. The fraction of sp³-hybridized carbons (Fsp3) is 0.190. The van der Waals surface area contributed by atoms with Crippen molar-refractivity contribution in [2.75, 3.05) is 7.11 Å². The van der Waals surface area contributed by atoms with Gasteiger partial charge < -0.3 is 14.0 Å². The lowest BCUT2D eigenvalue weighted by Gasteiger charge is -2.11. The highest BCUT2D eigenvalue weighted by atomic mass is 19.1. The van der Waals surface area contributed by atoms with E-state index >= 15 is 0 Å². The first-order valence-corrected chi connectivity index (χ1v) is 8.51. The maximum atomic E-state index is 13.4. The monoisotopic (exact) mass is 351 g/mol. The van der Waals surface area contributed by atoms with E-state index in [-0.39, 0.29) is 5.82 Å². The second kappa shape index (κ2) is 6.67. The van der Waals surface area contributed by atoms with Crippen molar-refractivity contribution in [3.63, 3.8) is 0 Å². The molecular weight excluding hydrogens is 333 g/mol. The van der Waals surface area contributed by atoms with Gasteiger partial charge in [-0.15, -0.1) is 0 Å². The molecule has 5 heteroatoms. The summed E-state index contributed by atoms with van der Waals surface area (Å²) in [7, 11) is 1.29. The molecule has 0 fully saturated rings. The third-order valence-corrected chi connectivity index (χ3v) is 4.65. The molecule has 3 aromatic rings. The first kappa shape index (κ1) is 16.4. The predicted octanol–water partition coefficient (Wildman–Crippen LogP) is 5.05. The van der Waals surface area contributed by atoms with E-state index in [1.807, 2.05) is 30.3 Å². The number of halogens is 1.